The molecule has 1 N–H and O–H groups in total. The molecule has 1 fully saturated rings. The smallest absolute Gasteiger partial charge is 0.388 e. The second-order valence-electron chi connectivity index (χ2n) is 10.0. The summed E-state index contributed by atoms with van der Waals surface area (Å²) in [5.74, 6) is 0.212. The van der Waals surface area contributed by atoms with Crippen LogP contribution in [0.3, 0.4) is 0 Å². The summed E-state index contributed by atoms with van der Waals surface area (Å²) in [7, 11) is 0. The largest absolute Gasteiger partial charge is 0.416 e. The van der Waals surface area contributed by atoms with Crippen molar-refractivity contribution in [1.29, 1.82) is 0 Å². The lowest BCUT2D eigenvalue weighted by molar-refractivity contribution is -0.137. The molecular weight excluding hydrogens is 419 g/mol. The highest BCUT2D eigenvalue weighted by atomic mass is 19.4. The van der Waals surface area contributed by atoms with Gasteiger partial charge >= 0.3 is 6.18 Å². The maximum atomic E-state index is 13.1. The number of aliphatic hydroxyl groups excluding tert-OH is 1. The Hall–Kier alpha value is -1.96. The van der Waals surface area contributed by atoms with Crippen LogP contribution in [0, 0.1) is 5.41 Å². The predicted octanol–water partition coefficient (Wildman–Crippen LogP) is 5.62. The average Bonchev–Trinajstić information content (AvgIpc) is 3.17. The first kappa shape index (κ1) is 21.9. The molecule has 0 saturated carbocycles. The second kappa shape index (κ2) is 7.82. The van der Waals surface area contributed by atoms with Gasteiger partial charge in [0.1, 0.15) is 6.10 Å². The summed E-state index contributed by atoms with van der Waals surface area (Å²) < 4.78 is 50.9. The van der Waals surface area contributed by atoms with Crippen molar-refractivity contribution >= 4 is 0 Å². The summed E-state index contributed by atoms with van der Waals surface area (Å²) in [5.41, 5.74) is 4.64. The summed E-state index contributed by atoms with van der Waals surface area (Å²) in [6.07, 6.45) is -2.34. The molecule has 4 nitrogen and oxygen atoms in total. The van der Waals surface area contributed by atoms with Crippen molar-refractivity contribution in [2.24, 2.45) is 5.41 Å². The molecule has 2 atom stereocenters. The Morgan fingerprint density at radius 2 is 1.75 bits per heavy atom. The Bertz CT molecular complexity index is 1010. The van der Waals surface area contributed by atoms with E-state index in [0.29, 0.717) is 31.8 Å². The lowest BCUT2D eigenvalue weighted by Crippen LogP contribution is -2.29. The highest BCUT2D eigenvalue weighted by molar-refractivity contribution is 5.50. The van der Waals surface area contributed by atoms with Crippen LogP contribution in [0.5, 0.6) is 0 Å². The van der Waals surface area contributed by atoms with Crippen LogP contribution in [0.2, 0.25) is 0 Å². The molecule has 2 aliphatic heterocycles. The number of hydrogen-bond acceptors (Lipinski definition) is 4. The van der Waals surface area contributed by atoms with Gasteiger partial charge in [-0.3, -0.25) is 4.98 Å². The normalized spacial score (nSPS) is 25.4. The number of rotatable bonds is 2. The Labute approximate surface area is 185 Å². The Morgan fingerprint density at radius 1 is 1.06 bits per heavy atom. The molecule has 3 aliphatic rings. The number of pyridine rings is 1. The van der Waals surface area contributed by atoms with Gasteiger partial charge in [0.05, 0.1) is 24.0 Å². The molecule has 0 radical (unpaired) electrons. The predicted molar refractivity (Wildman–Crippen MR) is 112 cm³/mol. The molecule has 0 amide bonds. The van der Waals surface area contributed by atoms with Crippen molar-refractivity contribution in [3.63, 3.8) is 0 Å². The molecule has 0 bridgehead atoms. The third-order valence-electron chi connectivity index (χ3n) is 7.02. The number of fused-ring (bicyclic) bond motifs is 3. The van der Waals surface area contributed by atoms with Crippen LogP contribution in [-0.4, -0.2) is 23.3 Å². The summed E-state index contributed by atoms with van der Waals surface area (Å²) in [4.78, 5) is 5.11. The Balaban J connectivity index is 1.63. The molecule has 5 rings (SSSR count). The third-order valence-corrected chi connectivity index (χ3v) is 7.02. The molecule has 1 aromatic carbocycles. The maximum absolute atomic E-state index is 13.1. The third kappa shape index (κ3) is 3.84. The SMILES string of the molecule is CC1(C)Cc2nc(C3CCOCC3)c3c(c2C(O)C1)COC3c1ccc(C(F)(F)F)cc1. The Morgan fingerprint density at radius 3 is 2.41 bits per heavy atom. The highest BCUT2D eigenvalue weighted by Gasteiger charge is 2.41. The van der Waals surface area contributed by atoms with E-state index in [1.807, 2.05) is 0 Å². The number of hydrogen-bond donors (Lipinski definition) is 1. The van der Waals surface area contributed by atoms with Crippen LogP contribution in [0.4, 0.5) is 13.2 Å². The van der Waals surface area contributed by atoms with E-state index in [2.05, 4.69) is 13.8 Å². The van der Waals surface area contributed by atoms with Crippen molar-refractivity contribution in [2.45, 2.75) is 70.4 Å². The molecular formula is C25H28F3NO3. The molecule has 32 heavy (non-hydrogen) atoms. The molecule has 172 valence electrons. The van der Waals surface area contributed by atoms with Crippen LogP contribution in [0.25, 0.3) is 0 Å². The molecule has 7 heteroatoms. The standard InChI is InChI=1S/C25H28F3NO3/c1-24(2)11-18-20(19(30)12-24)17-13-32-23(15-3-5-16(6-4-15)25(26,27)28)21(17)22(29-18)14-7-9-31-10-8-14/h3-6,14,19,23,30H,7-13H2,1-2H3. The minimum absolute atomic E-state index is 0.0487. The maximum Gasteiger partial charge on any atom is 0.416 e. The first-order valence-electron chi connectivity index (χ1n) is 11.2. The molecule has 2 unspecified atom stereocenters. The van der Waals surface area contributed by atoms with Gasteiger partial charge in [-0.05, 0) is 54.4 Å². The molecule has 1 aliphatic carbocycles. The molecule has 1 aromatic heterocycles. The zero-order valence-electron chi connectivity index (χ0n) is 18.3. The summed E-state index contributed by atoms with van der Waals surface area (Å²) in [6, 6.07) is 5.20. The number of ether oxygens (including phenoxy) is 2. The lowest BCUT2D eigenvalue weighted by atomic mass is 9.72. The number of alkyl halides is 3. The van der Waals surface area contributed by atoms with Gasteiger partial charge < -0.3 is 14.6 Å². The fourth-order valence-corrected chi connectivity index (χ4v) is 5.51. The first-order valence-corrected chi connectivity index (χ1v) is 11.2. The first-order chi connectivity index (χ1) is 15.1. The van der Waals surface area contributed by atoms with Crippen LogP contribution in [0.15, 0.2) is 24.3 Å². The van der Waals surface area contributed by atoms with E-state index in [1.54, 1.807) is 0 Å². The lowest BCUT2D eigenvalue weighted by Gasteiger charge is -2.36. The van der Waals surface area contributed by atoms with Crippen molar-refractivity contribution < 1.29 is 27.8 Å². The van der Waals surface area contributed by atoms with E-state index in [4.69, 9.17) is 14.5 Å². The minimum atomic E-state index is -4.38. The van der Waals surface area contributed by atoms with Crippen molar-refractivity contribution in [3.05, 3.63) is 63.5 Å². The molecule has 0 spiro atoms. The zero-order chi connectivity index (χ0) is 22.7. The van der Waals surface area contributed by atoms with Gasteiger partial charge in [0.2, 0.25) is 0 Å². The molecule has 3 heterocycles. The fraction of sp³-hybridized carbons (Fsp3) is 0.560. The summed E-state index contributed by atoms with van der Waals surface area (Å²) in [6.45, 7) is 5.95. The van der Waals surface area contributed by atoms with Gasteiger partial charge in [-0.25, -0.2) is 0 Å². The van der Waals surface area contributed by atoms with E-state index in [1.165, 1.54) is 12.1 Å². The second-order valence-corrected chi connectivity index (χ2v) is 10.0. The van der Waals surface area contributed by atoms with Gasteiger partial charge in [-0.2, -0.15) is 13.2 Å². The Kier molecular flexibility index (Phi) is 5.34. The molecule has 1 saturated heterocycles. The van der Waals surface area contributed by atoms with E-state index in [9.17, 15) is 18.3 Å². The van der Waals surface area contributed by atoms with E-state index >= 15 is 0 Å². The van der Waals surface area contributed by atoms with E-state index < -0.39 is 23.9 Å². The quantitative estimate of drug-likeness (QED) is 0.649. The van der Waals surface area contributed by atoms with Gasteiger partial charge in [0.25, 0.3) is 0 Å². The van der Waals surface area contributed by atoms with Crippen LogP contribution < -0.4 is 0 Å². The fourth-order valence-electron chi connectivity index (χ4n) is 5.51. The van der Waals surface area contributed by atoms with Crippen molar-refractivity contribution in [1.82, 2.24) is 4.98 Å². The number of aliphatic hydroxyl groups is 1. The van der Waals surface area contributed by atoms with E-state index in [-0.39, 0.29) is 11.3 Å². The zero-order valence-corrected chi connectivity index (χ0v) is 18.3. The minimum Gasteiger partial charge on any atom is -0.388 e. The number of nitrogens with zero attached hydrogens (tertiary/aromatic N) is 1. The topological polar surface area (TPSA) is 51.6 Å². The van der Waals surface area contributed by atoms with Crippen molar-refractivity contribution in [3.8, 4) is 0 Å². The van der Waals surface area contributed by atoms with Gasteiger partial charge in [-0.1, -0.05) is 26.0 Å². The summed E-state index contributed by atoms with van der Waals surface area (Å²) >= 11 is 0. The van der Waals surface area contributed by atoms with Gasteiger partial charge in [-0.15, -0.1) is 0 Å². The van der Waals surface area contributed by atoms with Crippen LogP contribution in [-0.2, 0) is 28.7 Å². The highest BCUT2D eigenvalue weighted by Crippen LogP contribution is 2.49. The average molecular weight is 447 g/mol. The summed E-state index contributed by atoms with van der Waals surface area (Å²) in [5, 5.41) is 11.0. The van der Waals surface area contributed by atoms with Crippen molar-refractivity contribution in [2.75, 3.05) is 13.2 Å². The van der Waals surface area contributed by atoms with Gasteiger partial charge in [0, 0.05) is 36.0 Å². The number of benzene rings is 1. The number of halogens is 3. The van der Waals surface area contributed by atoms with Gasteiger partial charge in [0.15, 0.2) is 0 Å². The molecule has 2 aromatic rings. The van der Waals surface area contributed by atoms with Crippen LogP contribution >= 0.6 is 0 Å². The monoisotopic (exact) mass is 447 g/mol. The van der Waals surface area contributed by atoms with Crippen LogP contribution in [0.1, 0.15) is 90.4 Å². The van der Waals surface area contributed by atoms with E-state index in [0.717, 1.165) is 59.5 Å². The number of aromatic nitrogens is 1.